The lowest BCUT2D eigenvalue weighted by Crippen LogP contribution is -2.37. The molecule has 4 nitrogen and oxygen atoms in total. The number of nitrogens with two attached hydrogens (primary N) is 1. The van der Waals surface area contributed by atoms with Gasteiger partial charge in [0.2, 0.25) is 0 Å². The fourth-order valence-corrected chi connectivity index (χ4v) is 0.619. The second-order valence-corrected chi connectivity index (χ2v) is 2.49. The van der Waals surface area contributed by atoms with E-state index in [0.717, 1.165) is 0 Å². The molecule has 2 N–H and O–H groups in total. The number of carbonyl (C=O) groups is 1. The van der Waals surface area contributed by atoms with Gasteiger partial charge in [-0.2, -0.15) is 13.2 Å². The molecule has 0 aliphatic carbocycles. The smallest absolute Gasteiger partial charge is 0.411 e. The zero-order valence-electron chi connectivity index (χ0n) is 7.63. The van der Waals surface area contributed by atoms with E-state index in [2.05, 4.69) is 9.47 Å². The molecule has 0 saturated carbocycles. The number of hydrogen-bond donors (Lipinski definition) is 1. The fourth-order valence-electron chi connectivity index (χ4n) is 0.619. The summed E-state index contributed by atoms with van der Waals surface area (Å²) in [5.41, 5.74) is 5.17. The van der Waals surface area contributed by atoms with Crippen molar-refractivity contribution in [1.82, 2.24) is 0 Å². The molecule has 84 valence electrons. The summed E-state index contributed by atoms with van der Waals surface area (Å²) in [6.45, 7) is -0.217. The van der Waals surface area contributed by atoms with Gasteiger partial charge in [0.25, 0.3) is 0 Å². The molecule has 0 rings (SSSR count). The van der Waals surface area contributed by atoms with Crippen molar-refractivity contribution in [1.29, 1.82) is 0 Å². The second kappa shape index (κ2) is 5.82. The predicted octanol–water partition coefficient (Wildman–Crippen LogP) is 0.456. The Labute approximate surface area is 79.2 Å². The highest BCUT2D eigenvalue weighted by molar-refractivity contribution is 5.75. The minimum Gasteiger partial charge on any atom is -0.465 e. The first-order valence-corrected chi connectivity index (χ1v) is 3.93. The Morgan fingerprint density at radius 1 is 1.50 bits per heavy atom. The highest BCUT2D eigenvalue weighted by atomic mass is 19.4. The third-order valence-corrected chi connectivity index (χ3v) is 1.15. The summed E-state index contributed by atoms with van der Waals surface area (Å²) in [6.07, 6.45) is -4.41. The van der Waals surface area contributed by atoms with Crippen molar-refractivity contribution in [3.8, 4) is 0 Å². The van der Waals surface area contributed by atoms with Gasteiger partial charge in [0.05, 0.1) is 13.2 Å². The van der Waals surface area contributed by atoms with Gasteiger partial charge in [-0.05, 0) is 6.92 Å². The first kappa shape index (κ1) is 13.2. The van der Waals surface area contributed by atoms with Gasteiger partial charge in [-0.3, -0.25) is 4.79 Å². The van der Waals surface area contributed by atoms with Gasteiger partial charge in [0.1, 0.15) is 12.6 Å². The Hall–Kier alpha value is -0.820. The Bertz CT molecular complexity index is 184. The van der Waals surface area contributed by atoms with Crippen LogP contribution in [0.25, 0.3) is 0 Å². The normalized spacial score (nSPS) is 13.8. The summed E-state index contributed by atoms with van der Waals surface area (Å²) in [5.74, 6) is -0.769. The van der Waals surface area contributed by atoms with Gasteiger partial charge in [0.15, 0.2) is 0 Å². The predicted molar refractivity (Wildman–Crippen MR) is 41.5 cm³/mol. The molecule has 7 heteroatoms. The summed E-state index contributed by atoms with van der Waals surface area (Å²) >= 11 is 0. The van der Waals surface area contributed by atoms with Crippen molar-refractivity contribution < 1.29 is 27.4 Å². The highest BCUT2D eigenvalue weighted by Gasteiger charge is 2.28. The van der Waals surface area contributed by atoms with Crippen LogP contribution in [0.15, 0.2) is 0 Å². The summed E-state index contributed by atoms with van der Waals surface area (Å²) in [7, 11) is 0. The summed E-state index contributed by atoms with van der Waals surface area (Å²) < 4.78 is 43.4. The highest BCUT2D eigenvalue weighted by Crippen LogP contribution is 2.14. The van der Waals surface area contributed by atoms with Crippen LogP contribution in [0.3, 0.4) is 0 Å². The molecule has 0 aliphatic heterocycles. The third kappa shape index (κ3) is 6.67. The van der Waals surface area contributed by atoms with Gasteiger partial charge in [-0.25, -0.2) is 0 Å². The van der Waals surface area contributed by atoms with Crippen LogP contribution in [0.1, 0.15) is 6.92 Å². The molecule has 1 atom stereocenters. The van der Waals surface area contributed by atoms with Gasteiger partial charge in [-0.1, -0.05) is 0 Å². The van der Waals surface area contributed by atoms with Crippen LogP contribution in [0, 0.1) is 0 Å². The molecule has 0 heterocycles. The lowest BCUT2D eigenvalue weighted by molar-refractivity contribution is -0.177. The van der Waals surface area contributed by atoms with Crippen molar-refractivity contribution in [2.75, 3.05) is 19.8 Å². The van der Waals surface area contributed by atoms with E-state index in [1.165, 1.54) is 0 Å². The molecular formula is C7H12F3NO3. The number of rotatable bonds is 5. The van der Waals surface area contributed by atoms with E-state index in [4.69, 9.17) is 5.73 Å². The zero-order valence-corrected chi connectivity index (χ0v) is 7.63. The Morgan fingerprint density at radius 2 is 2.07 bits per heavy atom. The monoisotopic (exact) mass is 215 g/mol. The van der Waals surface area contributed by atoms with Crippen LogP contribution in [0.5, 0.6) is 0 Å². The molecule has 0 radical (unpaired) electrons. The van der Waals surface area contributed by atoms with Gasteiger partial charge >= 0.3 is 12.1 Å². The molecule has 0 aliphatic rings. The molecule has 0 aromatic carbocycles. The maximum absolute atomic E-state index is 11.6. The molecule has 0 amide bonds. The van der Waals surface area contributed by atoms with Crippen LogP contribution >= 0.6 is 0 Å². The van der Waals surface area contributed by atoms with Crippen LogP contribution < -0.4 is 5.73 Å². The Kier molecular flexibility index (Phi) is 5.47. The number of carbonyl (C=O) groups excluding carboxylic acids is 1. The summed E-state index contributed by atoms with van der Waals surface area (Å²) in [4.78, 5) is 10.8. The van der Waals surface area contributed by atoms with Crippen molar-refractivity contribution >= 4 is 5.97 Å². The largest absolute Gasteiger partial charge is 0.465 e. The molecule has 0 saturated heterocycles. The molecule has 0 aromatic rings. The van der Waals surface area contributed by atoms with Crippen molar-refractivity contribution in [2.24, 2.45) is 5.73 Å². The lowest BCUT2D eigenvalue weighted by Gasteiger charge is -2.12. The first-order valence-electron chi connectivity index (χ1n) is 3.93. The van der Waals surface area contributed by atoms with Gasteiger partial charge in [0, 0.05) is 0 Å². The topological polar surface area (TPSA) is 61.5 Å². The molecular weight excluding hydrogens is 203 g/mol. The summed E-state index contributed by atoms with van der Waals surface area (Å²) in [6, 6.07) is -1.17. The fraction of sp³-hybridized carbons (Fsp3) is 0.857. The van der Waals surface area contributed by atoms with E-state index < -0.39 is 31.4 Å². The third-order valence-electron chi connectivity index (χ3n) is 1.15. The Balaban J connectivity index is 3.63. The number of ether oxygens (including phenoxy) is 2. The van der Waals surface area contributed by atoms with Crippen LogP contribution in [0.4, 0.5) is 13.2 Å². The van der Waals surface area contributed by atoms with Crippen molar-refractivity contribution in [3.63, 3.8) is 0 Å². The summed E-state index contributed by atoms with van der Waals surface area (Å²) in [5, 5.41) is 0. The van der Waals surface area contributed by atoms with E-state index in [1.807, 2.05) is 0 Å². The number of alkyl halides is 3. The van der Waals surface area contributed by atoms with Crippen LogP contribution in [-0.4, -0.2) is 38.0 Å². The molecule has 0 aromatic heterocycles. The molecule has 1 unspecified atom stereocenters. The average molecular weight is 215 g/mol. The van der Waals surface area contributed by atoms with Crippen molar-refractivity contribution in [2.45, 2.75) is 19.1 Å². The standard InChI is InChI=1S/C7H12F3NO3/c1-2-14-6(12)5(11)3-13-4-7(8,9)10/h5H,2-4,11H2,1H3. The number of esters is 1. The van der Waals surface area contributed by atoms with Crippen molar-refractivity contribution in [3.05, 3.63) is 0 Å². The molecule has 0 spiro atoms. The number of halogens is 3. The number of hydrogen-bond acceptors (Lipinski definition) is 4. The molecule has 14 heavy (non-hydrogen) atoms. The lowest BCUT2D eigenvalue weighted by atomic mass is 10.3. The SMILES string of the molecule is CCOC(=O)C(N)COCC(F)(F)F. The van der Waals surface area contributed by atoms with E-state index >= 15 is 0 Å². The Morgan fingerprint density at radius 3 is 2.50 bits per heavy atom. The molecule has 0 bridgehead atoms. The maximum atomic E-state index is 11.6. The van der Waals surface area contributed by atoms with E-state index in [-0.39, 0.29) is 6.61 Å². The zero-order chi connectivity index (χ0) is 11.2. The molecule has 0 fully saturated rings. The quantitative estimate of drug-likeness (QED) is 0.676. The first-order chi connectivity index (χ1) is 6.37. The van der Waals surface area contributed by atoms with Crippen LogP contribution in [-0.2, 0) is 14.3 Å². The van der Waals surface area contributed by atoms with Gasteiger partial charge < -0.3 is 15.2 Å². The van der Waals surface area contributed by atoms with E-state index in [9.17, 15) is 18.0 Å². The van der Waals surface area contributed by atoms with Crippen LogP contribution in [0.2, 0.25) is 0 Å². The van der Waals surface area contributed by atoms with E-state index in [0.29, 0.717) is 0 Å². The maximum Gasteiger partial charge on any atom is 0.411 e. The minimum absolute atomic E-state index is 0.131. The minimum atomic E-state index is -4.41. The van der Waals surface area contributed by atoms with E-state index in [1.54, 1.807) is 6.92 Å². The average Bonchev–Trinajstić information content (AvgIpc) is 2.02. The van der Waals surface area contributed by atoms with Gasteiger partial charge in [-0.15, -0.1) is 0 Å². The second-order valence-electron chi connectivity index (χ2n) is 2.49.